The summed E-state index contributed by atoms with van der Waals surface area (Å²) < 4.78 is 0. The van der Waals surface area contributed by atoms with Crippen molar-refractivity contribution < 1.29 is 0 Å². The highest BCUT2D eigenvalue weighted by Crippen LogP contribution is 2.24. The zero-order valence-corrected chi connectivity index (χ0v) is 11.3. The van der Waals surface area contributed by atoms with Crippen LogP contribution in [0.5, 0.6) is 0 Å². The summed E-state index contributed by atoms with van der Waals surface area (Å²) in [5, 5.41) is 5.54. The predicted molar refractivity (Wildman–Crippen MR) is 75.8 cm³/mol. The van der Waals surface area contributed by atoms with Crippen LogP contribution >= 0.6 is 11.9 Å². The van der Waals surface area contributed by atoms with E-state index in [4.69, 9.17) is 5.14 Å². The third-order valence-electron chi connectivity index (χ3n) is 2.29. The molecule has 0 aliphatic carbocycles. The van der Waals surface area contributed by atoms with Crippen molar-refractivity contribution in [1.29, 1.82) is 0 Å². The smallest absolute Gasteiger partial charge is 0.0450 e. The van der Waals surface area contributed by atoms with E-state index in [2.05, 4.69) is 23.2 Å². The van der Waals surface area contributed by atoms with E-state index in [0.29, 0.717) is 0 Å². The van der Waals surface area contributed by atoms with E-state index in [-0.39, 0.29) is 0 Å². The molecule has 0 spiro atoms. The molecule has 0 amide bonds. The molecule has 0 fully saturated rings. The van der Waals surface area contributed by atoms with Crippen LogP contribution in [-0.4, -0.2) is 4.98 Å². The highest BCUT2D eigenvalue weighted by Gasteiger charge is 2.02. The van der Waals surface area contributed by atoms with E-state index in [1.807, 2.05) is 39.0 Å². The second-order valence-electron chi connectivity index (χ2n) is 3.28. The average Bonchev–Trinajstić information content (AvgIpc) is 2.42. The maximum atomic E-state index is 5.54. The molecule has 1 aromatic carbocycles. The lowest BCUT2D eigenvalue weighted by molar-refractivity contribution is 1.20. The second kappa shape index (κ2) is 7.09. The van der Waals surface area contributed by atoms with Gasteiger partial charge in [-0.15, -0.1) is 0 Å². The Bertz CT molecular complexity index is 469. The quantitative estimate of drug-likeness (QED) is 0.812. The van der Waals surface area contributed by atoms with Gasteiger partial charge in [0.1, 0.15) is 0 Å². The number of hydrogen-bond acceptors (Lipinski definition) is 3. The molecule has 0 atom stereocenters. The molecule has 2 rings (SSSR count). The summed E-state index contributed by atoms with van der Waals surface area (Å²) in [6.07, 6.45) is 1.81. The van der Waals surface area contributed by atoms with Crippen LogP contribution in [0.4, 0.5) is 0 Å². The molecule has 2 aromatic rings. The molecule has 0 radical (unpaired) electrons. The van der Waals surface area contributed by atoms with E-state index in [0.717, 1.165) is 21.7 Å². The van der Waals surface area contributed by atoms with E-state index in [1.54, 1.807) is 6.20 Å². The lowest BCUT2D eigenvalue weighted by Crippen LogP contribution is -1.87. The number of aryl methyl sites for hydroxylation is 1. The van der Waals surface area contributed by atoms with Gasteiger partial charge in [-0.3, -0.25) is 10.1 Å². The van der Waals surface area contributed by atoms with Crippen LogP contribution < -0.4 is 5.14 Å². The third-order valence-corrected chi connectivity index (χ3v) is 2.81. The Hall–Kier alpha value is -1.32. The van der Waals surface area contributed by atoms with Crippen molar-refractivity contribution in [3.05, 3.63) is 48.3 Å². The molecular formula is C14H18N2S. The fourth-order valence-electron chi connectivity index (χ4n) is 1.53. The monoisotopic (exact) mass is 246 g/mol. The van der Waals surface area contributed by atoms with Gasteiger partial charge in [-0.1, -0.05) is 32.0 Å². The first-order chi connectivity index (χ1) is 8.31. The lowest BCUT2D eigenvalue weighted by Gasteiger charge is -2.05. The van der Waals surface area contributed by atoms with Crippen molar-refractivity contribution in [2.45, 2.75) is 25.7 Å². The minimum atomic E-state index is 1.04. The first-order valence-corrected chi connectivity index (χ1v) is 6.58. The summed E-state index contributed by atoms with van der Waals surface area (Å²) in [4.78, 5) is 5.34. The number of rotatable bonds is 2. The van der Waals surface area contributed by atoms with E-state index < -0.39 is 0 Å². The molecule has 0 bridgehead atoms. The van der Waals surface area contributed by atoms with Gasteiger partial charge >= 0.3 is 0 Å². The van der Waals surface area contributed by atoms with E-state index >= 15 is 0 Å². The lowest BCUT2D eigenvalue weighted by atomic mass is 10.1. The molecule has 1 heterocycles. The van der Waals surface area contributed by atoms with Crippen molar-refractivity contribution in [2.24, 2.45) is 5.14 Å². The Morgan fingerprint density at radius 3 is 2.53 bits per heavy atom. The van der Waals surface area contributed by atoms with Crippen molar-refractivity contribution in [3.8, 4) is 11.1 Å². The van der Waals surface area contributed by atoms with Gasteiger partial charge in [-0.05, 0) is 42.6 Å². The van der Waals surface area contributed by atoms with Crippen LogP contribution in [0.3, 0.4) is 0 Å². The van der Waals surface area contributed by atoms with Crippen LogP contribution in [0.25, 0.3) is 11.1 Å². The Morgan fingerprint density at radius 2 is 1.88 bits per heavy atom. The van der Waals surface area contributed by atoms with Gasteiger partial charge in [0.2, 0.25) is 0 Å². The molecule has 90 valence electrons. The molecule has 0 aliphatic heterocycles. The second-order valence-corrected chi connectivity index (χ2v) is 3.99. The van der Waals surface area contributed by atoms with Crippen molar-refractivity contribution in [3.63, 3.8) is 0 Å². The number of nitrogens with two attached hydrogens (primary N) is 1. The summed E-state index contributed by atoms with van der Waals surface area (Å²) in [5.74, 6) is 0. The average molecular weight is 246 g/mol. The van der Waals surface area contributed by atoms with E-state index in [9.17, 15) is 0 Å². The van der Waals surface area contributed by atoms with Gasteiger partial charge in [-0.25, -0.2) is 0 Å². The van der Waals surface area contributed by atoms with Gasteiger partial charge in [0.05, 0.1) is 0 Å². The largest absolute Gasteiger partial charge is 0.274 e. The molecule has 2 nitrogen and oxygen atoms in total. The highest BCUT2D eigenvalue weighted by molar-refractivity contribution is 7.97. The Labute approximate surface area is 107 Å². The summed E-state index contributed by atoms with van der Waals surface area (Å²) in [7, 11) is 0. The molecular weight excluding hydrogens is 228 g/mol. The SMILES string of the molecule is CC.Cc1ncccc1-c1cccc(SN)c1. The molecule has 1 aromatic heterocycles. The summed E-state index contributed by atoms with van der Waals surface area (Å²) >= 11 is 1.26. The minimum Gasteiger partial charge on any atom is -0.274 e. The van der Waals surface area contributed by atoms with Crippen LogP contribution in [0, 0.1) is 6.92 Å². The Kier molecular flexibility index (Phi) is 5.73. The van der Waals surface area contributed by atoms with Crippen molar-refractivity contribution in [1.82, 2.24) is 4.98 Å². The fourth-order valence-corrected chi connectivity index (χ4v) is 1.88. The maximum Gasteiger partial charge on any atom is 0.0450 e. The third kappa shape index (κ3) is 3.58. The number of hydrogen-bond donors (Lipinski definition) is 1. The van der Waals surface area contributed by atoms with Crippen molar-refractivity contribution >= 4 is 11.9 Å². The first kappa shape index (κ1) is 13.7. The van der Waals surface area contributed by atoms with Crippen LogP contribution in [0.1, 0.15) is 19.5 Å². The van der Waals surface area contributed by atoms with Crippen LogP contribution in [0.15, 0.2) is 47.5 Å². The zero-order chi connectivity index (χ0) is 12.7. The topological polar surface area (TPSA) is 38.9 Å². The van der Waals surface area contributed by atoms with Gasteiger partial charge in [0.25, 0.3) is 0 Å². The molecule has 0 saturated carbocycles. The van der Waals surface area contributed by atoms with E-state index in [1.165, 1.54) is 11.9 Å². The van der Waals surface area contributed by atoms with Gasteiger partial charge in [0.15, 0.2) is 0 Å². The molecule has 17 heavy (non-hydrogen) atoms. The molecule has 0 saturated heterocycles. The molecule has 0 aliphatic rings. The molecule has 3 heteroatoms. The first-order valence-electron chi connectivity index (χ1n) is 5.70. The number of pyridine rings is 1. The van der Waals surface area contributed by atoms with Gasteiger partial charge in [-0.2, -0.15) is 0 Å². The molecule has 2 N–H and O–H groups in total. The Morgan fingerprint density at radius 1 is 1.12 bits per heavy atom. The fraction of sp³-hybridized carbons (Fsp3) is 0.214. The van der Waals surface area contributed by atoms with Gasteiger partial charge in [0, 0.05) is 22.3 Å². The van der Waals surface area contributed by atoms with Crippen LogP contribution in [0.2, 0.25) is 0 Å². The van der Waals surface area contributed by atoms with Crippen molar-refractivity contribution in [2.75, 3.05) is 0 Å². The number of aromatic nitrogens is 1. The minimum absolute atomic E-state index is 1.04. The van der Waals surface area contributed by atoms with Gasteiger partial charge < -0.3 is 0 Å². The standard InChI is InChI=1S/C12H12N2S.C2H6/c1-9-12(6-3-7-14-9)10-4-2-5-11(8-10)15-13;1-2/h2-8H,13H2,1H3;1-2H3. The predicted octanol–water partition coefficient (Wildman–Crippen LogP) is 4.05. The maximum absolute atomic E-state index is 5.54. The number of benzene rings is 1. The van der Waals surface area contributed by atoms with Crippen LogP contribution in [-0.2, 0) is 0 Å². The highest BCUT2D eigenvalue weighted by atomic mass is 32.2. The summed E-state index contributed by atoms with van der Waals surface area (Å²) in [6.45, 7) is 6.01. The molecule has 0 unspecified atom stereocenters. The Balaban J connectivity index is 0.000000686. The summed E-state index contributed by atoms with van der Waals surface area (Å²) in [6, 6.07) is 12.2. The summed E-state index contributed by atoms with van der Waals surface area (Å²) in [5.41, 5.74) is 3.36. The number of nitrogens with zero attached hydrogens (tertiary/aromatic N) is 1. The zero-order valence-electron chi connectivity index (χ0n) is 10.5. The normalized spacial score (nSPS) is 9.41.